The van der Waals surface area contributed by atoms with E-state index in [1.165, 1.54) is 12.1 Å². The lowest BCUT2D eigenvalue weighted by Gasteiger charge is -2.20. The second-order valence-electron chi connectivity index (χ2n) is 5.01. The molecular formula is C16H20FN3. The van der Waals surface area contributed by atoms with Gasteiger partial charge in [0, 0.05) is 19.8 Å². The summed E-state index contributed by atoms with van der Waals surface area (Å²) in [5, 5.41) is 0. The standard InChI is InChI=1S/C16H20FN3/c1-12-9-14(7-8-18)10-19-16(12)20(2)11-13-3-5-15(17)6-4-13/h3-6,9-10H,7-8,11,18H2,1-2H3. The van der Waals surface area contributed by atoms with Crippen LogP contribution < -0.4 is 10.6 Å². The number of nitrogens with zero attached hydrogens (tertiary/aromatic N) is 2. The summed E-state index contributed by atoms with van der Waals surface area (Å²) < 4.78 is 12.9. The van der Waals surface area contributed by atoms with Gasteiger partial charge >= 0.3 is 0 Å². The molecule has 1 aromatic heterocycles. The molecule has 0 bridgehead atoms. The lowest BCUT2D eigenvalue weighted by atomic mass is 10.1. The van der Waals surface area contributed by atoms with Crippen molar-refractivity contribution in [1.82, 2.24) is 4.98 Å². The Labute approximate surface area is 119 Å². The number of hydrogen-bond donors (Lipinski definition) is 1. The first kappa shape index (κ1) is 14.5. The first-order valence-electron chi connectivity index (χ1n) is 6.71. The number of hydrogen-bond acceptors (Lipinski definition) is 3. The van der Waals surface area contributed by atoms with Crippen LogP contribution in [0, 0.1) is 12.7 Å². The molecule has 2 N–H and O–H groups in total. The molecule has 0 amide bonds. The van der Waals surface area contributed by atoms with Crippen LogP contribution in [-0.2, 0) is 13.0 Å². The van der Waals surface area contributed by atoms with Crippen LogP contribution in [0.25, 0.3) is 0 Å². The molecule has 0 fully saturated rings. The summed E-state index contributed by atoms with van der Waals surface area (Å²) in [7, 11) is 1.99. The molecule has 3 nitrogen and oxygen atoms in total. The van der Waals surface area contributed by atoms with Crippen molar-refractivity contribution in [2.24, 2.45) is 5.73 Å². The van der Waals surface area contributed by atoms with Gasteiger partial charge in [-0.3, -0.25) is 0 Å². The Morgan fingerprint density at radius 1 is 1.20 bits per heavy atom. The summed E-state index contributed by atoms with van der Waals surface area (Å²) in [5.74, 6) is 0.729. The number of benzene rings is 1. The lowest BCUT2D eigenvalue weighted by Crippen LogP contribution is -2.19. The van der Waals surface area contributed by atoms with Gasteiger partial charge in [0.2, 0.25) is 0 Å². The number of aryl methyl sites for hydroxylation is 1. The maximum absolute atomic E-state index is 12.9. The molecule has 0 spiro atoms. The monoisotopic (exact) mass is 273 g/mol. The van der Waals surface area contributed by atoms with Gasteiger partial charge in [0.15, 0.2) is 0 Å². The number of nitrogens with two attached hydrogens (primary N) is 1. The largest absolute Gasteiger partial charge is 0.355 e. The van der Waals surface area contributed by atoms with Crippen molar-refractivity contribution in [2.45, 2.75) is 19.9 Å². The van der Waals surface area contributed by atoms with Gasteiger partial charge in [-0.15, -0.1) is 0 Å². The molecule has 2 aromatic rings. The first-order valence-corrected chi connectivity index (χ1v) is 6.71. The Kier molecular flexibility index (Phi) is 4.69. The van der Waals surface area contributed by atoms with Crippen molar-refractivity contribution >= 4 is 5.82 Å². The smallest absolute Gasteiger partial charge is 0.131 e. The predicted molar refractivity (Wildman–Crippen MR) is 80.2 cm³/mol. The Balaban J connectivity index is 2.12. The fraction of sp³-hybridized carbons (Fsp3) is 0.312. The highest BCUT2D eigenvalue weighted by atomic mass is 19.1. The quantitative estimate of drug-likeness (QED) is 0.910. The third-order valence-corrected chi connectivity index (χ3v) is 3.23. The van der Waals surface area contributed by atoms with E-state index in [0.29, 0.717) is 13.1 Å². The van der Waals surface area contributed by atoms with Gasteiger partial charge in [-0.25, -0.2) is 9.37 Å². The van der Waals surface area contributed by atoms with Gasteiger partial charge < -0.3 is 10.6 Å². The van der Waals surface area contributed by atoms with E-state index in [9.17, 15) is 4.39 Å². The second kappa shape index (κ2) is 6.48. The molecule has 0 saturated heterocycles. The summed E-state index contributed by atoms with van der Waals surface area (Å²) in [4.78, 5) is 6.57. The minimum atomic E-state index is -0.211. The molecule has 4 heteroatoms. The average Bonchev–Trinajstić information content (AvgIpc) is 2.42. The van der Waals surface area contributed by atoms with Crippen molar-refractivity contribution in [2.75, 3.05) is 18.5 Å². The van der Waals surface area contributed by atoms with Crippen molar-refractivity contribution < 1.29 is 4.39 Å². The third-order valence-electron chi connectivity index (χ3n) is 3.23. The molecule has 1 heterocycles. The molecule has 0 aliphatic rings. The van der Waals surface area contributed by atoms with Crippen molar-refractivity contribution in [1.29, 1.82) is 0 Å². The molecular weight excluding hydrogens is 253 g/mol. The summed E-state index contributed by atoms with van der Waals surface area (Å²) in [6.07, 6.45) is 2.71. The molecule has 0 saturated carbocycles. The third kappa shape index (κ3) is 3.54. The Hall–Kier alpha value is -1.94. The van der Waals surface area contributed by atoms with Crippen LogP contribution in [-0.4, -0.2) is 18.6 Å². The predicted octanol–water partition coefficient (Wildman–Crippen LogP) is 2.67. The van der Waals surface area contributed by atoms with E-state index in [4.69, 9.17) is 5.73 Å². The van der Waals surface area contributed by atoms with Gasteiger partial charge in [-0.1, -0.05) is 18.2 Å². The van der Waals surface area contributed by atoms with Crippen LogP contribution in [0.3, 0.4) is 0 Å². The van der Waals surface area contributed by atoms with Gasteiger partial charge in [0.1, 0.15) is 11.6 Å². The molecule has 0 radical (unpaired) electrons. The van der Waals surface area contributed by atoms with E-state index < -0.39 is 0 Å². The molecule has 0 atom stereocenters. The van der Waals surface area contributed by atoms with Gasteiger partial charge in [-0.2, -0.15) is 0 Å². The van der Waals surface area contributed by atoms with Gasteiger partial charge in [-0.05, 0) is 48.7 Å². The maximum Gasteiger partial charge on any atom is 0.131 e. The van der Waals surface area contributed by atoms with Crippen LogP contribution in [0.2, 0.25) is 0 Å². The van der Waals surface area contributed by atoms with Crippen molar-refractivity contribution in [3.05, 3.63) is 59.0 Å². The van der Waals surface area contributed by atoms with E-state index in [1.54, 1.807) is 12.1 Å². The number of halogens is 1. The van der Waals surface area contributed by atoms with E-state index in [2.05, 4.69) is 16.0 Å². The van der Waals surface area contributed by atoms with E-state index in [0.717, 1.165) is 28.9 Å². The topological polar surface area (TPSA) is 42.1 Å². The molecule has 20 heavy (non-hydrogen) atoms. The number of rotatable bonds is 5. The highest BCUT2D eigenvalue weighted by molar-refractivity contribution is 5.47. The number of pyridine rings is 1. The van der Waals surface area contributed by atoms with Crippen molar-refractivity contribution in [3.63, 3.8) is 0 Å². The Bertz CT molecular complexity index is 566. The molecule has 2 rings (SSSR count). The fourth-order valence-corrected chi connectivity index (χ4v) is 2.27. The zero-order valence-electron chi connectivity index (χ0n) is 11.9. The van der Waals surface area contributed by atoms with E-state index >= 15 is 0 Å². The highest BCUT2D eigenvalue weighted by Gasteiger charge is 2.08. The second-order valence-corrected chi connectivity index (χ2v) is 5.01. The number of anilines is 1. The zero-order valence-corrected chi connectivity index (χ0v) is 11.9. The Morgan fingerprint density at radius 3 is 2.50 bits per heavy atom. The van der Waals surface area contributed by atoms with Gasteiger partial charge in [0.05, 0.1) is 0 Å². The lowest BCUT2D eigenvalue weighted by molar-refractivity contribution is 0.627. The van der Waals surface area contributed by atoms with Crippen molar-refractivity contribution in [3.8, 4) is 0 Å². The highest BCUT2D eigenvalue weighted by Crippen LogP contribution is 2.19. The molecule has 0 unspecified atom stereocenters. The van der Waals surface area contributed by atoms with E-state index in [-0.39, 0.29) is 5.82 Å². The molecule has 0 aliphatic carbocycles. The average molecular weight is 273 g/mol. The summed E-state index contributed by atoms with van der Waals surface area (Å²) in [5.41, 5.74) is 8.89. The van der Waals surface area contributed by atoms with Crippen LogP contribution in [0.4, 0.5) is 10.2 Å². The van der Waals surface area contributed by atoms with Crippen LogP contribution in [0.15, 0.2) is 36.5 Å². The zero-order chi connectivity index (χ0) is 14.5. The molecule has 0 aliphatic heterocycles. The molecule has 106 valence electrons. The van der Waals surface area contributed by atoms with Crippen LogP contribution in [0.1, 0.15) is 16.7 Å². The SMILES string of the molecule is Cc1cc(CCN)cnc1N(C)Cc1ccc(F)cc1. The number of aromatic nitrogens is 1. The van der Waals surface area contributed by atoms with E-state index in [1.807, 2.05) is 20.2 Å². The Morgan fingerprint density at radius 2 is 1.90 bits per heavy atom. The molecule has 1 aromatic carbocycles. The van der Waals surface area contributed by atoms with Crippen LogP contribution in [0.5, 0.6) is 0 Å². The fourth-order valence-electron chi connectivity index (χ4n) is 2.27. The summed E-state index contributed by atoms with van der Waals surface area (Å²) in [6.45, 7) is 3.37. The summed E-state index contributed by atoms with van der Waals surface area (Å²) in [6, 6.07) is 8.67. The summed E-state index contributed by atoms with van der Waals surface area (Å²) >= 11 is 0. The van der Waals surface area contributed by atoms with Gasteiger partial charge in [0.25, 0.3) is 0 Å². The minimum Gasteiger partial charge on any atom is -0.355 e. The maximum atomic E-state index is 12.9. The normalized spacial score (nSPS) is 10.6. The first-order chi connectivity index (χ1) is 9.60. The van der Waals surface area contributed by atoms with Crippen LogP contribution >= 0.6 is 0 Å². The minimum absolute atomic E-state index is 0.211.